The molecular weight excluding hydrogens is 174 g/mol. The first-order valence-corrected chi connectivity index (χ1v) is 5.03. The molecule has 1 atom stereocenters. The molecule has 0 bridgehead atoms. The molecule has 0 saturated heterocycles. The van der Waals surface area contributed by atoms with E-state index in [-0.39, 0.29) is 5.41 Å². The summed E-state index contributed by atoms with van der Waals surface area (Å²) < 4.78 is 1.92. The SMILES string of the molecule is CNC(c1cnn(C)c1C)C(C)(C)C. The third-order valence-electron chi connectivity index (χ3n) is 2.74. The van der Waals surface area contributed by atoms with Crippen molar-refractivity contribution in [2.45, 2.75) is 33.7 Å². The topological polar surface area (TPSA) is 29.9 Å². The summed E-state index contributed by atoms with van der Waals surface area (Å²) in [6, 6.07) is 0.358. The Hall–Kier alpha value is -0.830. The van der Waals surface area contributed by atoms with Gasteiger partial charge in [0.15, 0.2) is 0 Å². The van der Waals surface area contributed by atoms with E-state index in [0.29, 0.717) is 6.04 Å². The third-order valence-corrected chi connectivity index (χ3v) is 2.74. The fourth-order valence-electron chi connectivity index (χ4n) is 1.85. The predicted molar refractivity (Wildman–Crippen MR) is 59.2 cm³/mol. The van der Waals surface area contributed by atoms with Crippen LogP contribution in [0.25, 0.3) is 0 Å². The van der Waals surface area contributed by atoms with Crippen LogP contribution in [-0.2, 0) is 7.05 Å². The molecular formula is C11H21N3. The highest BCUT2D eigenvalue weighted by Crippen LogP contribution is 2.33. The molecule has 0 saturated carbocycles. The lowest BCUT2D eigenvalue weighted by Gasteiger charge is -2.30. The van der Waals surface area contributed by atoms with Gasteiger partial charge in [0.2, 0.25) is 0 Å². The fraction of sp³-hybridized carbons (Fsp3) is 0.727. The maximum atomic E-state index is 4.28. The number of aryl methyl sites for hydroxylation is 1. The Bertz CT molecular complexity index is 307. The van der Waals surface area contributed by atoms with E-state index >= 15 is 0 Å². The van der Waals surface area contributed by atoms with Crippen LogP contribution >= 0.6 is 0 Å². The summed E-state index contributed by atoms with van der Waals surface area (Å²) in [6.45, 7) is 8.82. The van der Waals surface area contributed by atoms with Gasteiger partial charge in [-0.05, 0) is 19.4 Å². The van der Waals surface area contributed by atoms with Crippen molar-refractivity contribution in [2.75, 3.05) is 7.05 Å². The quantitative estimate of drug-likeness (QED) is 0.782. The number of hydrogen-bond acceptors (Lipinski definition) is 2. The number of rotatable bonds is 2. The molecule has 0 radical (unpaired) electrons. The molecule has 0 amide bonds. The molecule has 0 spiro atoms. The van der Waals surface area contributed by atoms with Crippen LogP contribution in [0.3, 0.4) is 0 Å². The Morgan fingerprint density at radius 2 is 2.00 bits per heavy atom. The second kappa shape index (κ2) is 3.73. The standard InChI is InChI=1S/C11H21N3/c1-8-9(7-13-14(8)6)10(12-5)11(2,3)4/h7,10,12H,1-6H3. The highest BCUT2D eigenvalue weighted by atomic mass is 15.3. The van der Waals surface area contributed by atoms with Crippen molar-refractivity contribution >= 4 is 0 Å². The largest absolute Gasteiger partial charge is 0.312 e. The van der Waals surface area contributed by atoms with Crippen molar-refractivity contribution in [3.63, 3.8) is 0 Å². The van der Waals surface area contributed by atoms with Gasteiger partial charge in [0.05, 0.1) is 6.20 Å². The molecule has 0 aromatic carbocycles. The molecule has 80 valence electrons. The van der Waals surface area contributed by atoms with E-state index in [1.54, 1.807) is 0 Å². The lowest BCUT2D eigenvalue weighted by atomic mass is 9.82. The lowest BCUT2D eigenvalue weighted by molar-refractivity contribution is 0.286. The average molecular weight is 195 g/mol. The van der Waals surface area contributed by atoms with E-state index in [2.05, 4.69) is 38.1 Å². The van der Waals surface area contributed by atoms with Crippen LogP contribution in [-0.4, -0.2) is 16.8 Å². The summed E-state index contributed by atoms with van der Waals surface area (Å²) in [7, 11) is 3.98. The highest BCUT2D eigenvalue weighted by molar-refractivity contribution is 5.22. The molecule has 1 unspecified atom stereocenters. The molecule has 1 heterocycles. The van der Waals surface area contributed by atoms with Crippen LogP contribution in [0.2, 0.25) is 0 Å². The van der Waals surface area contributed by atoms with Crippen LogP contribution in [0, 0.1) is 12.3 Å². The average Bonchev–Trinajstić information content (AvgIpc) is 2.35. The van der Waals surface area contributed by atoms with E-state index in [9.17, 15) is 0 Å². The van der Waals surface area contributed by atoms with E-state index in [4.69, 9.17) is 0 Å². The summed E-state index contributed by atoms with van der Waals surface area (Å²) in [4.78, 5) is 0. The summed E-state index contributed by atoms with van der Waals surface area (Å²) in [5.41, 5.74) is 2.74. The summed E-state index contributed by atoms with van der Waals surface area (Å²) >= 11 is 0. The van der Waals surface area contributed by atoms with Gasteiger partial charge >= 0.3 is 0 Å². The second-order valence-corrected chi connectivity index (χ2v) is 4.90. The molecule has 14 heavy (non-hydrogen) atoms. The predicted octanol–water partition coefficient (Wildman–Crippen LogP) is 2.04. The molecule has 1 aromatic rings. The molecule has 0 aliphatic rings. The number of nitrogens with zero attached hydrogens (tertiary/aromatic N) is 2. The molecule has 0 aliphatic carbocycles. The van der Waals surface area contributed by atoms with Crippen molar-refractivity contribution < 1.29 is 0 Å². The van der Waals surface area contributed by atoms with E-state index in [0.717, 1.165) is 0 Å². The fourth-order valence-corrected chi connectivity index (χ4v) is 1.85. The van der Waals surface area contributed by atoms with Gasteiger partial charge in [0, 0.05) is 24.3 Å². The molecule has 0 fully saturated rings. The minimum absolute atomic E-state index is 0.211. The Kier molecular flexibility index (Phi) is 3.00. The van der Waals surface area contributed by atoms with E-state index < -0.39 is 0 Å². The van der Waals surface area contributed by atoms with E-state index in [1.807, 2.05) is 25.0 Å². The van der Waals surface area contributed by atoms with Crippen LogP contribution < -0.4 is 5.32 Å². The first-order valence-electron chi connectivity index (χ1n) is 5.03. The first-order chi connectivity index (χ1) is 6.38. The zero-order chi connectivity index (χ0) is 10.9. The van der Waals surface area contributed by atoms with Crippen LogP contribution in [0.1, 0.15) is 38.1 Å². The summed E-state index contributed by atoms with van der Waals surface area (Å²) in [5, 5.41) is 7.63. The monoisotopic (exact) mass is 195 g/mol. The minimum Gasteiger partial charge on any atom is -0.312 e. The van der Waals surface area contributed by atoms with Crippen LogP contribution in [0.15, 0.2) is 6.20 Å². The Morgan fingerprint density at radius 1 is 1.43 bits per heavy atom. The van der Waals surface area contributed by atoms with Gasteiger partial charge in [-0.1, -0.05) is 20.8 Å². The van der Waals surface area contributed by atoms with Gasteiger partial charge in [-0.15, -0.1) is 0 Å². The third kappa shape index (κ3) is 1.98. The summed E-state index contributed by atoms with van der Waals surface area (Å²) in [5.74, 6) is 0. The van der Waals surface area contributed by atoms with Gasteiger partial charge in [-0.3, -0.25) is 4.68 Å². The number of nitrogens with one attached hydrogen (secondary N) is 1. The molecule has 3 nitrogen and oxygen atoms in total. The van der Waals surface area contributed by atoms with Gasteiger partial charge in [0.1, 0.15) is 0 Å². The van der Waals surface area contributed by atoms with Gasteiger partial charge < -0.3 is 5.32 Å². The molecule has 1 rings (SSSR count). The van der Waals surface area contributed by atoms with Gasteiger partial charge in [-0.25, -0.2) is 0 Å². The lowest BCUT2D eigenvalue weighted by Crippen LogP contribution is -2.30. The highest BCUT2D eigenvalue weighted by Gasteiger charge is 2.27. The Labute approximate surface area is 86.5 Å². The van der Waals surface area contributed by atoms with E-state index in [1.165, 1.54) is 11.3 Å². The molecule has 3 heteroatoms. The first kappa shape index (κ1) is 11.2. The van der Waals surface area contributed by atoms with Crippen molar-refractivity contribution in [3.8, 4) is 0 Å². The molecule has 0 aliphatic heterocycles. The Balaban J connectivity index is 3.08. The van der Waals surface area contributed by atoms with Crippen molar-refractivity contribution in [3.05, 3.63) is 17.5 Å². The van der Waals surface area contributed by atoms with Crippen molar-refractivity contribution in [2.24, 2.45) is 12.5 Å². The second-order valence-electron chi connectivity index (χ2n) is 4.90. The summed E-state index contributed by atoms with van der Waals surface area (Å²) in [6.07, 6.45) is 1.96. The van der Waals surface area contributed by atoms with Crippen molar-refractivity contribution in [1.29, 1.82) is 0 Å². The minimum atomic E-state index is 0.211. The molecule has 1 aromatic heterocycles. The van der Waals surface area contributed by atoms with Crippen LogP contribution in [0.4, 0.5) is 0 Å². The van der Waals surface area contributed by atoms with Crippen molar-refractivity contribution in [1.82, 2.24) is 15.1 Å². The normalized spacial score (nSPS) is 14.4. The Morgan fingerprint density at radius 3 is 2.29 bits per heavy atom. The van der Waals surface area contributed by atoms with Gasteiger partial charge in [0.25, 0.3) is 0 Å². The smallest absolute Gasteiger partial charge is 0.0540 e. The molecule has 1 N–H and O–H groups in total. The zero-order valence-corrected chi connectivity index (χ0v) is 10.0. The van der Waals surface area contributed by atoms with Gasteiger partial charge in [-0.2, -0.15) is 5.10 Å². The zero-order valence-electron chi connectivity index (χ0n) is 10.0. The maximum Gasteiger partial charge on any atom is 0.0540 e. The number of aromatic nitrogens is 2. The number of hydrogen-bond donors (Lipinski definition) is 1. The van der Waals surface area contributed by atoms with Crippen LogP contribution in [0.5, 0.6) is 0 Å². The maximum absolute atomic E-state index is 4.28.